The number of fused-ring (bicyclic) bond motifs is 2. The van der Waals surface area contributed by atoms with Crippen molar-refractivity contribution in [3.05, 3.63) is 65.7 Å². The Morgan fingerprint density at radius 3 is 2.29 bits per heavy atom. The van der Waals surface area contributed by atoms with Crippen molar-refractivity contribution >= 4 is 11.9 Å². The highest BCUT2D eigenvalue weighted by molar-refractivity contribution is 5.80. The van der Waals surface area contributed by atoms with Gasteiger partial charge >= 0.3 is 11.9 Å². The summed E-state index contributed by atoms with van der Waals surface area (Å²) < 4.78 is 6.26. The molecule has 6 fully saturated rings. The van der Waals surface area contributed by atoms with Gasteiger partial charge in [-0.1, -0.05) is 75.6 Å². The molecule has 4 heteroatoms. The van der Waals surface area contributed by atoms with Crippen LogP contribution in [0.1, 0.15) is 115 Å². The average molecular weight is 555 g/mol. The minimum absolute atomic E-state index is 0.0406. The quantitative estimate of drug-likeness (QED) is 0.275. The van der Waals surface area contributed by atoms with Crippen LogP contribution in [0.25, 0.3) is 0 Å². The van der Waals surface area contributed by atoms with Gasteiger partial charge < -0.3 is 9.84 Å². The smallest absolute Gasteiger partial charge is 0.317 e. The summed E-state index contributed by atoms with van der Waals surface area (Å²) in [6, 6.07) is 19.2. The fourth-order valence-electron chi connectivity index (χ4n) is 11.8. The van der Waals surface area contributed by atoms with Crippen LogP contribution in [-0.4, -0.2) is 17.0 Å². The van der Waals surface area contributed by atoms with E-state index >= 15 is 0 Å². The molecule has 7 atom stereocenters. The van der Waals surface area contributed by atoms with Crippen LogP contribution in [0.4, 0.5) is 0 Å². The molecule has 0 aromatic heterocycles. The van der Waals surface area contributed by atoms with Crippen LogP contribution in [0, 0.1) is 28.1 Å². The van der Waals surface area contributed by atoms with Crippen LogP contribution < -0.4 is 4.74 Å². The number of ether oxygens (including phenoxy) is 1. The van der Waals surface area contributed by atoms with Gasteiger partial charge in [-0.25, -0.2) is 0 Å². The second-order valence-corrected chi connectivity index (χ2v) is 15.6. The highest BCUT2D eigenvalue weighted by Gasteiger charge is 2.65. The van der Waals surface area contributed by atoms with Gasteiger partial charge in [0.2, 0.25) is 0 Å². The summed E-state index contributed by atoms with van der Waals surface area (Å²) in [6.45, 7) is 4.62. The minimum atomic E-state index is -0.606. The summed E-state index contributed by atoms with van der Waals surface area (Å²) in [5.74, 6) is 1.04. The Morgan fingerprint density at radius 1 is 0.829 bits per heavy atom. The molecule has 6 saturated carbocycles. The van der Waals surface area contributed by atoms with Gasteiger partial charge in [-0.3, -0.25) is 9.59 Å². The number of hydrogen-bond acceptors (Lipinski definition) is 3. The minimum Gasteiger partial charge on any atom is -0.481 e. The van der Waals surface area contributed by atoms with E-state index in [4.69, 9.17) is 4.74 Å². The van der Waals surface area contributed by atoms with E-state index in [0.29, 0.717) is 17.6 Å². The predicted molar refractivity (Wildman–Crippen MR) is 160 cm³/mol. The predicted octanol–water partition coefficient (Wildman–Crippen LogP) is 8.61. The number of hydrogen-bond donors (Lipinski definition) is 1. The van der Waals surface area contributed by atoms with Gasteiger partial charge in [-0.2, -0.15) is 0 Å². The molecule has 4 nitrogen and oxygen atoms in total. The second kappa shape index (κ2) is 9.44. The summed E-state index contributed by atoms with van der Waals surface area (Å²) in [7, 11) is 0. The van der Waals surface area contributed by atoms with E-state index in [1.807, 2.05) is 12.1 Å². The van der Waals surface area contributed by atoms with E-state index in [0.717, 1.165) is 70.6 Å². The molecule has 1 N–H and O–H groups in total. The Kier molecular flexibility index (Phi) is 6.27. The van der Waals surface area contributed by atoms with Crippen LogP contribution in [0.5, 0.6) is 5.75 Å². The van der Waals surface area contributed by atoms with Gasteiger partial charge in [0.15, 0.2) is 0 Å². The molecule has 0 spiro atoms. The Balaban J connectivity index is 1.14. The van der Waals surface area contributed by atoms with Gasteiger partial charge in [-0.15, -0.1) is 0 Å². The van der Waals surface area contributed by atoms with Crippen LogP contribution in [0.15, 0.2) is 54.6 Å². The fraction of sp³-hybridized carbons (Fsp3) is 0.622. The zero-order valence-corrected chi connectivity index (χ0v) is 24.9. The molecular formula is C37H46O4. The lowest BCUT2D eigenvalue weighted by Crippen LogP contribution is -2.60. The first-order valence-electron chi connectivity index (χ1n) is 16.2. The van der Waals surface area contributed by atoms with Crippen molar-refractivity contribution < 1.29 is 19.4 Å². The van der Waals surface area contributed by atoms with E-state index in [2.05, 4.69) is 56.3 Å². The number of carbonyl (C=O) groups is 2. The third-order valence-corrected chi connectivity index (χ3v) is 12.3. The topological polar surface area (TPSA) is 63.6 Å². The maximum atomic E-state index is 14.1. The fourth-order valence-corrected chi connectivity index (χ4v) is 11.8. The molecule has 0 amide bonds. The van der Waals surface area contributed by atoms with Crippen molar-refractivity contribution in [1.29, 1.82) is 0 Å². The van der Waals surface area contributed by atoms with Crippen LogP contribution in [-0.2, 0) is 20.4 Å². The van der Waals surface area contributed by atoms with Gasteiger partial charge in [0.1, 0.15) is 5.75 Å². The molecular weight excluding hydrogens is 508 g/mol. The third-order valence-electron chi connectivity index (χ3n) is 12.3. The molecule has 6 bridgehead atoms. The molecule has 0 radical (unpaired) electrons. The van der Waals surface area contributed by atoms with Crippen molar-refractivity contribution in [2.24, 2.45) is 28.1 Å². The number of rotatable bonds is 7. The zero-order chi connectivity index (χ0) is 28.5. The first-order valence-corrected chi connectivity index (χ1v) is 16.2. The molecule has 2 aromatic carbocycles. The van der Waals surface area contributed by atoms with Crippen molar-refractivity contribution in [3.63, 3.8) is 0 Å². The molecule has 0 saturated heterocycles. The summed E-state index contributed by atoms with van der Waals surface area (Å²) in [5.41, 5.74) is 1.76. The molecule has 2 aromatic rings. The van der Waals surface area contributed by atoms with Gasteiger partial charge in [0.05, 0.1) is 10.8 Å². The van der Waals surface area contributed by atoms with Gasteiger partial charge in [0.25, 0.3) is 0 Å². The molecule has 0 aliphatic heterocycles. The highest BCUT2D eigenvalue weighted by atomic mass is 16.5. The SMILES string of the molecule is CCC[C@@]1(c2ccc(OC(=O)C34CC5C[C@@](C)(C3)C[C@](c3ccccc3)(C5)C4)cc2)CC2CCCC(C(=O)O)(C2)C1. The molecule has 8 rings (SSSR count). The van der Waals surface area contributed by atoms with E-state index in [-0.39, 0.29) is 22.2 Å². The zero-order valence-electron chi connectivity index (χ0n) is 24.9. The second-order valence-electron chi connectivity index (χ2n) is 15.6. The monoisotopic (exact) mass is 554 g/mol. The number of carboxylic acid groups (broad SMARTS) is 1. The third kappa shape index (κ3) is 4.38. The van der Waals surface area contributed by atoms with E-state index < -0.39 is 16.8 Å². The van der Waals surface area contributed by atoms with Gasteiger partial charge in [0, 0.05) is 0 Å². The Morgan fingerprint density at radius 2 is 1.59 bits per heavy atom. The summed E-state index contributed by atoms with van der Waals surface area (Å²) in [4.78, 5) is 26.6. The lowest BCUT2D eigenvalue weighted by molar-refractivity contribution is -0.174. The van der Waals surface area contributed by atoms with Crippen LogP contribution in [0.2, 0.25) is 0 Å². The number of esters is 1. The number of benzene rings is 2. The summed E-state index contributed by atoms with van der Waals surface area (Å²) in [5, 5.41) is 10.3. The Hall–Kier alpha value is -2.62. The van der Waals surface area contributed by atoms with E-state index in [9.17, 15) is 14.7 Å². The first kappa shape index (κ1) is 27.2. The Bertz CT molecular complexity index is 1330. The van der Waals surface area contributed by atoms with Crippen molar-refractivity contribution in [3.8, 4) is 5.75 Å². The maximum Gasteiger partial charge on any atom is 0.317 e. The lowest BCUT2D eigenvalue weighted by atomic mass is 9.39. The molecule has 6 aliphatic carbocycles. The van der Waals surface area contributed by atoms with Gasteiger partial charge in [-0.05, 0) is 122 Å². The van der Waals surface area contributed by atoms with Crippen LogP contribution >= 0.6 is 0 Å². The number of carbonyl (C=O) groups excluding carboxylic acids is 1. The molecule has 218 valence electrons. The normalized spacial score (nSPS) is 40.7. The number of aliphatic carboxylic acids is 1. The van der Waals surface area contributed by atoms with E-state index in [1.54, 1.807) is 0 Å². The summed E-state index contributed by atoms with van der Waals surface area (Å²) >= 11 is 0. The highest BCUT2D eigenvalue weighted by Crippen LogP contribution is 2.70. The largest absolute Gasteiger partial charge is 0.481 e. The lowest BCUT2D eigenvalue weighted by Gasteiger charge is -2.65. The maximum absolute atomic E-state index is 14.1. The first-order chi connectivity index (χ1) is 19.6. The molecule has 0 heterocycles. The molecule has 41 heavy (non-hydrogen) atoms. The standard InChI is InChI=1S/C37H46O4/c1-3-15-34(18-26-8-7-16-35(19-26,24-34)31(38)39)29-11-13-30(14-12-29)41-32(40)37-21-27-17-33(2,23-37)22-36(20-27,25-37)28-9-5-4-6-10-28/h4-6,9-14,26-27H,3,7-8,15-25H2,1-2H3,(H,38,39)/t26?,27?,33-,34-,35?,36-,37?/m1/s1. The van der Waals surface area contributed by atoms with Crippen molar-refractivity contribution in [2.75, 3.05) is 0 Å². The molecule has 4 unspecified atom stereocenters. The van der Waals surface area contributed by atoms with Crippen LogP contribution in [0.3, 0.4) is 0 Å². The molecule has 6 aliphatic rings. The Labute approximate surface area is 245 Å². The number of carboxylic acids is 1. The summed E-state index contributed by atoms with van der Waals surface area (Å²) in [6.07, 6.45) is 14.0. The van der Waals surface area contributed by atoms with E-state index in [1.165, 1.54) is 30.4 Å². The van der Waals surface area contributed by atoms with Crippen molar-refractivity contribution in [1.82, 2.24) is 0 Å². The average Bonchev–Trinajstić information content (AvgIpc) is 2.92. The van der Waals surface area contributed by atoms with Crippen molar-refractivity contribution in [2.45, 2.75) is 115 Å².